The number of ether oxygens (including phenoxy) is 1. The maximum atomic E-state index is 8.73. The molecule has 0 saturated heterocycles. The van der Waals surface area contributed by atoms with E-state index in [0.717, 1.165) is 6.42 Å². The molecular formula is C8H18O3. The van der Waals surface area contributed by atoms with Gasteiger partial charge in [0.05, 0.1) is 5.60 Å². The van der Waals surface area contributed by atoms with Crippen LogP contribution in [0.3, 0.4) is 0 Å². The zero-order valence-electron chi connectivity index (χ0n) is 7.34. The van der Waals surface area contributed by atoms with Crippen LogP contribution in [0.4, 0.5) is 0 Å². The molecule has 0 aromatic heterocycles. The Morgan fingerprint density at radius 3 is 1.82 bits per heavy atom. The number of hydrogen-bond acceptors (Lipinski definition) is 3. The summed E-state index contributed by atoms with van der Waals surface area (Å²) in [6.07, 6.45) is 2.02. The van der Waals surface area contributed by atoms with Crippen molar-refractivity contribution in [2.75, 3.05) is 20.3 Å². The fraction of sp³-hybridized carbons (Fsp3) is 1.00. The topological polar surface area (TPSA) is 49.7 Å². The minimum Gasteiger partial charge on any atom is -0.396 e. The molecule has 0 radical (unpaired) electrons. The molecule has 0 saturated carbocycles. The van der Waals surface area contributed by atoms with Crippen LogP contribution < -0.4 is 0 Å². The summed E-state index contributed by atoms with van der Waals surface area (Å²) in [6, 6.07) is 0. The highest BCUT2D eigenvalue weighted by Gasteiger charge is 2.25. The molecule has 0 rings (SSSR count). The molecule has 0 spiro atoms. The van der Waals surface area contributed by atoms with Crippen LogP contribution in [0, 0.1) is 0 Å². The van der Waals surface area contributed by atoms with E-state index in [1.54, 1.807) is 7.11 Å². The van der Waals surface area contributed by atoms with E-state index < -0.39 is 0 Å². The van der Waals surface area contributed by atoms with Crippen molar-refractivity contribution >= 4 is 0 Å². The third-order valence-corrected chi connectivity index (χ3v) is 2.21. The van der Waals surface area contributed by atoms with Crippen molar-refractivity contribution in [2.45, 2.75) is 31.8 Å². The maximum absolute atomic E-state index is 8.73. The molecule has 0 aromatic carbocycles. The SMILES string of the molecule is CCC(CCO)(CCO)OC. The van der Waals surface area contributed by atoms with E-state index in [1.165, 1.54) is 0 Å². The van der Waals surface area contributed by atoms with E-state index in [-0.39, 0.29) is 18.8 Å². The standard InChI is InChI=1S/C8H18O3/c1-3-8(11-2,4-6-9)5-7-10/h9-10H,3-7H2,1-2H3. The van der Waals surface area contributed by atoms with Crippen molar-refractivity contribution in [2.24, 2.45) is 0 Å². The summed E-state index contributed by atoms with van der Waals surface area (Å²) in [7, 11) is 1.62. The van der Waals surface area contributed by atoms with Crippen molar-refractivity contribution in [3.8, 4) is 0 Å². The molecule has 3 heteroatoms. The Kier molecular flexibility index (Phi) is 5.46. The molecular weight excluding hydrogens is 144 g/mol. The lowest BCUT2D eigenvalue weighted by Crippen LogP contribution is -2.32. The molecule has 0 atom stereocenters. The highest BCUT2D eigenvalue weighted by Crippen LogP contribution is 2.22. The van der Waals surface area contributed by atoms with Crippen molar-refractivity contribution in [1.29, 1.82) is 0 Å². The Morgan fingerprint density at radius 2 is 1.64 bits per heavy atom. The lowest BCUT2D eigenvalue weighted by molar-refractivity contribution is -0.0468. The predicted octanol–water partition coefficient (Wildman–Crippen LogP) is 0.546. The van der Waals surface area contributed by atoms with Crippen molar-refractivity contribution in [3.05, 3.63) is 0 Å². The second-order valence-electron chi connectivity index (χ2n) is 2.69. The summed E-state index contributed by atoms with van der Waals surface area (Å²) in [6.45, 7) is 2.22. The summed E-state index contributed by atoms with van der Waals surface area (Å²) in [5.74, 6) is 0. The summed E-state index contributed by atoms with van der Waals surface area (Å²) >= 11 is 0. The van der Waals surface area contributed by atoms with E-state index in [0.29, 0.717) is 12.8 Å². The maximum Gasteiger partial charge on any atom is 0.0719 e. The van der Waals surface area contributed by atoms with Gasteiger partial charge in [-0.25, -0.2) is 0 Å². The molecule has 0 heterocycles. The minimum atomic E-state index is -0.316. The van der Waals surface area contributed by atoms with E-state index in [1.807, 2.05) is 6.92 Å². The Labute approximate surface area is 68.0 Å². The van der Waals surface area contributed by atoms with Crippen LogP contribution in [0.1, 0.15) is 26.2 Å². The average Bonchev–Trinajstić information content (AvgIpc) is 2.04. The van der Waals surface area contributed by atoms with Gasteiger partial charge in [0.15, 0.2) is 0 Å². The van der Waals surface area contributed by atoms with Crippen LogP contribution in [0.2, 0.25) is 0 Å². The fourth-order valence-corrected chi connectivity index (χ4v) is 1.23. The molecule has 0 aromatic rings. The lowest BCUT2D eigenvalue weighted by atomic mass is 9.93. The van der Waals surface area contributed by atoms with Gasteiger partial charge in [-0.2, -0.15) is 0 Å². The summed E-state index contributed by atoms with van der Waals surface area (Å²) in [4.78, 5) is 0. The molecule has 0 bridgehead atoms. The van der Waals surface area contributed by atoms with Gasteiger partial charge in [-0.05, 0) is 19.3 Å². The van der Waals surface area contributed by atoms with Gasteiger partial charge in [-0.3, -0.25) is 0 Å². The molecule has 0 amide bonds. The molecule has 0 aliphatic carbocycles. The number of methoxy groups -OCH3 is 1. The highest BCUT2D eigenvalue weighted by molar-refractivity contribution is 4.77. The Morgan fingerprint density at radius 1 is 1.18 bits per heavy atom. The van der Waals surface area contributed by atoms with Gasteiger partial charge in [0.2, 0.25) is 0 Å². The van der Waals surface area contributed by atoms with Gasteiger partial charge in [0.1, 0.15) is 0 Å². The quantitative estimate of drug-likeness (QED) is 0.599. The largest absolute Gasteiger partial charge is 0.396 e. The first-order chi connectivity index (χ1) is 5.24. The molecule has 2 N–H and O–H groups in total. The number of aliphatic hydroxyl groups is 2. The molecule has 0 aliphatic rings. The average molecular weight is 162 g/mol. The van der Waals surface area contributed by atoms with Gasteiger partial charge in [0.25, 0.3) is 0 Å². The molecule has 0 unspecified atom stereocenters. The third-order valence-electron chi connectivity index (χ3n) is 2.21. The van der Waals surface area contributed by atoms with Crippen molar-refractivity contribution < 1.29 is 14.9 Å². The van der Waals surface area contributed by atoms with Gasteiger partial charge < -0.3 is 14.9 Å². The second kappa shape index (κ2) is 5.52. The predicted molar refractivity (Wildman–Crippen MR) is 43.4 cm³/mol. The molecule has 68 valence electrons. The van der Waals surface area contributed by atoms with Gasteiger partial charge in [-0.1, -0.05) is 6.92 Å². The van der Waals surface area contributed by atoms with Gasteiger partial charge in [0, 0.05) is 20.3 Å². The first-order valence-corrected chi connectivity index (χ1v) is 4.01. The number of aliphatic hydroxyl groups excluding tert-OH is 2. The van der Waals surface area contributed by atoms with E-state index in [2.05, 4.69) is 0 Å². The number of rotatable bonds is 6. The number of hydrogen-bond donors (Lipinski definition) is 2. The third kappa shape index (κ3) is 3.18. The van der Waals surface area contributed by atoms with Crippen LogP contribution in [-0.2, 0) is 4.74 Å². The van der Waals surface area contributed by atoms with E-state index in [9.17, 15) is 0 Å². The van der Waals surface area contributed by atoms with Gasteiger partial charge >= 0.3 is 0 Å². The smallest absolute Gasteiger partial charge is 0.0719 e. The monoisotopic (exact) mass is 162 g/mol. The van der Waals surface area contributed by atoms with Crippen LogP contribution in [-0.4, -0.2) is 36.1 Å². The van der Waals surface area contributed by atoms with Crippen LogP contribution in [0.5, 0.6) is 0 Å². The summed E-state index contributed by atoms with van der Waals surface area (Å²) in [5.41, 5.74) is -0.316. The Hall–Kier alpha value is -0.120. The van der Waals surface area contributed by atoms with Gasteiger partial charge in [-0.15, -0.1) is 0 Å². The van der Waals surface area contributed by atoms with E-state index in [4.69, 9.17) is 14.9 Å². The zero-order chi connectivity index (χ0) is 8.74. The van der Waals surface area contributed by atoms with Crippen LogP contribution >= 0.6 is 0 Å². The lowest BCUT2D eigenvalue weighted by Gasteiger charge is -2.29. The first kappa shape index (κ1) is 10.9. The van der Waals surface area contributed by atoms with Crippen LogP contribution in [0.25, 0.3) is 0 Å². The molecule has 3 nitrogen and oxygen atoms in total. The van der Waals surface area contributed by atoms with Crippen LogP contribution in [0.15, 0.2) is 0 Å². The first-order valence-electron chi connectivity index (χ1n) is 4.01. The fourth-order valence-electron chi connectivity index (χ4n) is 1.23. The van der Waals surface area contributed by atoms with Crippen molar-refractivity contribution in [3.63, 3.8) is 0 Å². The minimum absolute atomic E-state index is 0.113. The normalized spacial score (nSPS) is 12.0. The molecule has 0 fully saturated rings. The molecule has 11 heavy (non-hydrogen) atoms. The Bertz CT molecular complexity index is 81.3. The highest BCUT2D eigenvalue weighted by atomic mass is 16.5. The second-order valence-corrected chi connectivity index (χ2v) is 2.69. The Balaban J connectivity index is 3.96. The van der Waals surface area contributed by atoms with E-state index >= 15 is 0 Å². The zero-order valence-corrected chi connectivity index (χ0v) is 7.34. The van der Waals surface area contributed by atoms with Crippen molar-refractivity contribution in [1.82, 2.24) is 0 Å². The summed E-state index contributed by atoms with van der Waals surface area (Å²) < 4.78 is 5.25. The summed E-state index contributed by atoms with van der Waals surface area (Å²) in [5, 5.41) is 17.5. The molecule has 0 aliphatic heterocycles.